The van der Waals surface area contributed by atoms with Gasteiger partial charge in [0.2, 0.25) is 0 Å². The van der Waals surface area contributed by atoms with E-state index in [9.17, 15) is 0 Å². The molecule has 0 aliphatic rings. The minimum Gasteiger partial charge on any atom is -0.256 e. The van der Waals surface area contributed by atoms with E-state index in [2.05, 4.69) is 53.0 Å². The molecule has 1 nitrogen and oxygen atoms in total. The normalized spacial score (nSPS) is 11.0. The summed E-state index contributed by atoms with van der Waals surface area (Å²) in [5.74, 6) is 0. The number of halogens is 1. The lowest BCUT2D eigenvalue weighted by Gasteiger charge is -2.01. The van der Waals surface area contributed by atoms with Gasteiger partial charge in [0.1, 0.15) is 0 Å². The lowest BCUT2D eigenvalue weighted by molar-refractivity contribution is 1.35. The number of nitrogens with zero attached hydrogens (tertiary/aromatic N) is 1. The van der Waals surface area contributed by atoms with E-state index in [1.165, 1.54) is 11.1 Å². The minimum absolute atomic E-state index is 1.04. The second-order valence-electron chi connectivity index (χ2n) is 4.10. The SMILES string of the molecule is Cc1ccc(C)c(N=Cc2ccc(Br)cc2)c1. The molecule has 0 unspecified atom stereocenters. The first-order chi connectivity index (χ1) is 8.15. The van der Waals surface area contributed by atoms with Gasteiger partial charge in [-0.15, -0.1) is 0 Å². The zero-order valence-electron chi connectivity index (χ0n) is 9.94. The summed E-state index contributed by atoms with van der Waals surface area (Å²) < 4.78 is 1.08. The van der Waals surface area contributed by atoms with Crippen molar-refractivity contribution in [1.82, 2.24) is 0 Å². The summed E-state index contributed by atoms with van der Waals surface area (Å²) in [7, 11) is 0. The summed E-state index contributed by atoms with van der Waals surface area (Å²) in [4.78, 5) is 4.53. The summed E-state index contributed by atoms with van der Waals surface area (Å²) in [5.41, 5.74) is 4.57. The van der Waals surface area contributed by atoms with Gasteiger partial charge in [-0.1, -0.05) is 40.2 Å². The van der Waals surface area contributed by atoms with Crippen molar-refractivity contribution in [2.24, 2.45) is 4.99 Å². The number of hydrogen-bond donors (Lipinski definition) is 0. The van der Waals surface area contributed by atoms with Crippen LogP contribution in [0.4, 0.5) is 5.69 Å². The maximum Gasteiger partial charge on any atom is 0.0661 e. The molecular formula is C15H14BrN. The van der Waals surface area contributed by atoms with Gasteiger partial charge in [-0.25, -0.2) is 0 Å². The molecule has 0 aromatic heterocycles. The molecule has 86 valence electrons. The molecule has 0 saturated carbocycles. The van der Waals surface area contributed by atoms with E-state index in [1.54, 1.807) is 0 Å². The Morgan fingerprint density at radius 2 is 1.71 bits per heavy atom. The number of hydrogen-bond acceptors (Lipinski definition) is 1. The Morgan fingerprint density at radius 1 is 1.00 bits per heavy atom. The maximum atomic E-state index is 4.53. The molecule has 0 bridgehead atoms. The summed E-state index contributed by atoms with van der Waals surface area (Å²) in [6, 6.07) is 14.4. The predicted molar refractivity (Wildman–Crippen MR) is 77.3 cm³/mol. The van der Waals surface area contributed by atoms with Crippen LogP contribution in [0.1, 0.15) is 16.7 Å². The second-order valence-corrected chi connectivity index (χ2v) is 5.02. The average molecular weight is 288 g/mol. The van der Waals surface area contributed by atoms with Crippen molar-refractivity contribution >= 4 is 27.8 Å². The second kappa shape index (κ2) is 5.28. The molecule has 0 aliphatic heterocycles. The molecule has 0 radical (unpaired) electrons. The highest BCUT2D eigenvalue weighted by Crippen LogP contribution is 2.19. The maximum absolute atomic E-state index is 4.53. The molecular weight excluding hydrogens is 274 g/mol. The van der Waals surface area contributed by atoms with Crippen molar-refractivity contribution in [3.8, 4) is 0 Å². The highest BCUT2D eigenvalue weighted by atomic mass is 79.9. The van der Waals surface area contributed by atoms with Crippen LogP contribution in [0.2, 0.25) is 0 Å². The number of aliphatic imine (C=N–C) groups is 1. The van der Waals surface area contributed by atoms with Gasteiger partial charge in [0.15, 0.2) is 0 Å². The van der Waals surface area contributed by atoms with Crippen LogP contribution >= 0.6 is 15.9 Å². The van der Waals surface area contributed by atoms with Crippen LogP contribution in [-0.4, -0.2) is 6.21 Å². The quantitative estimate of drug-likeness (QED) is 0.703. The fourth-order valence-electron chi connectivity index (χ4n) is 1.55. The Balaban J connectivity index is 2.25. The van der Waals surface area contributed by atoms with Gasteiger partial charge >= 0.3 is 0 Å². The van der Waals surface area contributed by atoms with E-state index >= 15 is 0 Å². The smallest absolute Gasteiger partial charge is 0.0661 e. The van der Waals surface area contributed by atoms with E-state index < -0.39 is 0 Å². The molecule has 17 heavy (non-hydrogen) atoms. The third-order valence-electron chi connectivity index (χ3n) is 2.59. The Morgan fingerprint density at radius 3 is 2.41 bits per heavy atom. The van der Waals surface area contributed by atoms with Crippen molar-refractivity contribution < 1.29 is 0 Å². The Labute approximate surface area is 110 Å². The molecule has 2 aromatic rings. The minimum atomic E-state index is 1.04. The van der Waals surface area contributed by atoms with Gasteiger partial charge in [-0.3, -0.25) is 4.99 Å². The molecule has 0 atom stereocenters. The molecule has 0 N–H and O–H groups in total. The van der Waals surface area contributed by atoms with Crippen LogP contribution in [0.3, 0.4) is 0 Å². The van der Waals surface area contributed by atoms with Crippen LogP contribution in [-0.2, 0) is 0 Å². The highest BCUT2D eigenvalue weighted by Gasteiger charge is 1.95. The average Bonchev–Trinajstić information content (AvgIpc) is 2.32. The Bertz CT molecular complexity index is 541. The molecule has 2 aromatic carbocycles. The van der Waals surface area contributed by atoms with E-state index in [0.29, 0.717) is 0 Å². The third-order valence-corrected chi connectivity index (χ3v) is 3.12. The highest BCUT2D eigenvalue weighted by molar-refractivity contribution is 9.10. The summed E-state index contributed by atoms with van der Waals surface area (Å²) >= 11 is 3.42. The Hall–Kier alpha value is -1.41. The molecule has 0 amide bonds. The van der Waals surface area contributed by atoms with E-state index in [4.69, 9.17) is 0 Å². The molecule has 0 spiro atoms. The molecule has 2 heteroatoms. The lowest BCUT2D eigenvalue weighted by atomic mass is 10.1. The van der Waals surface area contributed by atoms with Gasteiger partial charge in [0.25, 0.3) is 0 Å². The summed E-state index contributed by atoms with van der Waals surface area (Å²) in [6.45, 7) is 4.16. The van der Waals surface area contributed by atoms with Gasteiger partial charge in [-0.2, -0.15) is 0 Å². The zero-order valence-corrected chi connectivity index (χ0v) is 11.5. The summed E-state index contributed by atoms with van der Waals surface area (Å²) in [6.07, 6.45) is 1.90. The molecule has 2 rings (SSSR count). The Kier molecular flexibility index (Phi) is 3.75. The topological polar surface area (TPSA) is 12.4 Å². The fraction of sp³-hybridized carbons (Fsp3) is 0.133. The van der Waals surface area contributed by atoms with Crippen molar-refractivity contribution in [3.05, 3.63) is 63.6 Å². The standard InChI is InChI=1S/C15H14BrN/c1-11-3-4-12(2)15(9-11)17-10-13-5-7-14(16)8-6-13/h3-10H,1-2H3. The van der Waals surface area contributed by atoms with Crippen molar-refractivity contribution in [3.63, 3.8) is 0 Å². The monoisotopic (exact) mass is 287 g/mol. The molecule has 0 saturated heterocycles. The van der Waals surface area contributed by atoms with Crippen molar-refractivity contribution in [1.29, 1.82) is 0 Å². The molecule has 0 fully saturated rings. The van der Waals surface area contributed by atoms with Gasteiger partial charge < -0.3 is 0 Å². The van der Waals surface area contributed by atoms with E-state index in [0.717, 1.165) is 15.7 Å². The van der Waals surface area contributed by atoms with Gasteiger partial charge in [0, 0.05) is 10.7 Å². The first-order valence-electron chi connectivity index (χ1n) is 5.52. The number of benzene rings is 2. The van der Waals surface area contributed by atoms with Crippen LogP contribution in [0.25, 0.3) is 0 Å². The van der Waals surface area contributed by atoms with Gasteiger partial charge in [-0.05, 0) is 48.7 Å². The van der Waals surface area contributed by atoms with Crippen LogP contribution < -0.4 is 0 Å². The number of rotatable bonds is 2. The van der Waals surface area contributed by atoms with E-state index in [-0.39, 0.29) is 0 Å². The first-order valence-corrected chi connectivity index (χ1v) is 6.31. The van der Waals surface area contributed by atoms with Crippen LogP contribution in [0.5, 0.6) is 0 Å². The lowest BCUT2D eigenvalue weighted by Crippen LogP contribution is -1.81. The molecule has 0 aliphatic carbocycles. The third kappa shape index (κ3) is 3.27. The molecule has 0 heterocycles. The van der Waals surface area contributed by atoms with Crippen molar-refractivity contribution in [2.45, 2.75) is 13.8 Å². The first kappa shape index (κ1) is 12.1. The summed E-state index contributed by atoms with van der Waals surface area (Å²) in [5, 5.41) is 0. The van der Waals surface area contributed by atoms with E-state index in [1.807, 2.05) is 30.5 Å². The number of aryl methyl sites for hydroxylation is 2. The predicted octanol–water partition coefficient (Wildman–Crippen LogP) is 4.82. The van der Waals surface area contributed by atoms with Crippen LogP contribution in [0.15, 0.2) is 51.9 Å². The van der Waals surface area contributed by atoms with Gasteiger partial charge in [0.05, 0.1) is 5.69 Å². The zero-order chi connectivity index (χ0) is 12.3. The van der Waals surface area contributed by atoms with Crippen molar-refractivity contribution in [2.75, 3.05) is 0 Å². The fourth-order valence-corrected chi connectivity index (χ4v) is 1.82. The van der Waals surface area contributed by atoms with Crippen LogP contribution in [0, 0.1) is 13.8 Å². The largest absolute Gasteiger partial charge is 0.256 e.